The van der Waals surface area contributed by atoms with Crippen LogP contribution in [0.2, 0.25) is 0 Å². The summed E-state index contributed by atoms with van der Waals surface area (Å²) >= 11 is 3.84. The molecule has 0 fully saturated rings. The molecule has 0 N–H and O–H groups in total. The fourth-order valence-corrected chi connectivity index (χ4v) is 5.04. The molecule has 0 radical (unpaired) electrons. The van der Waals surface area contributed by atoms with E-state index in [-0.39, 0.29) is 0 Å². The number of aryl methyl sites for hydroxylation is 1. The molecular weight excluding hydrogens is 292 g/mol. The van der Waals surface area contributed by atoms with E-state index >= 15 is 0 Å². The first kappa shape index (κ1) is 13.1. The van der Waals surface area contributed by atoms with Crippen molar-refractivity contribution in [3.05, 3.63) is 59.5 Å². The Balaban J connectivity index is 1.85. The highest BCUT2D eigenvalue weighted by Crippen LogP contribution is 2.38. The normalized spacial score (nSPS) is 11.5. The Kier molecular flexibility index (Phi) is 3.28. The Morgan fingerprint density at radius 3 is 2.29 bits per heavy atom. The van der Waals surface area contributed by atoms with E-state index in [4.69, 9.17) is 0 Å². The molecule has 0 atom stereocenters. The molecule has 0 aliphatic rings. The largest absolute Gasteiger partial charge is 0.140 e. The van der Waals surface area contributed by atoms with Crippen molar-refractivity contribution >= 4 is 42.8 Å². The summed E-state index contributed by atoms with van der Waals surface area (Å²) in [5.41, 5.74) is 1.31. The van der Waals surface area contributed by atoms with Crippen molar-refractivity contribution < 1.29 is 0 Å². The van der Waals surface area contributed by atoms with Crippen molar-refractivity contribution in [2.45, 2.75) is 19.8 Å². The van der Waals surface area contributed by atoms with Gasteiger partial charge in [-0.05, 0) is 47.0 Å². The molecular formula is C19H16S2. The van der Waals surface area contributed by atoms with Crippen LogP contribution in [0.3, 0.4) is 0 Å². The van der Waals surface area contributed by atoms with E-state index in [2.05, 4.69) is 61.5 Å². The van der Waals surface area contributed by atoms with E-state index in [1.807, 2.05) is 22.7 Å². The van der Waals surface area contributed by atoms with Gasteiger partial charge in [0.1, 0.15) is 0 Å². The highest BCUT2D eigenvalue weighted by Gasteiger charge is 2.08. The van der Waals surface area contributed by atoms with Crippen molar-refractivity contribution in [3.63, 3.8) is 0 Å². The standard InChI is InChI=1S/C19H16S2/c1-2-6-16-9-14-10-19-15(12-18(14)20-16)11-17(21-19)13-7-4-3-5-8-13/h3-5,7-12H,2,6H2,1H3. The predicted molar refractivity (Wildman–Crippen MR) is 96.6 cm³/mol. The van der Waals surface area contributed by atoms with E-state index in [0.29, 0.717) is 0 Å². The van der Waals surface area contributed by atoms with Gasteiger partial charge in [-0.15, -0.1) is 22.7 Å². The second-order valence-corrected chi connectivity index (χ2v) is 7.62. The van der Waals surface area contributed by atoms with Crippen molar-refractivity contribution in [1.29, 1.82) is 0 Å². The van der Waals surface area contributed by atoms with Crippen LogP contribution in [-0.2, 0) is 6.42 Å². The summed E-state index contributed by atoms with van der Waals surface area (Å²) in [6.45, 7) is 2.25. The topological polar surface area (TPSA) is 0 Å². The fourth-order valence-electron chi connectivity index (χ4n) is 2.74. The number of hydrogen-bond donors (Lipinski definition) is 0. The molecule has 0 saturated heterocycles. The van der Waals surface area contributed by atoms with E-state index in [0.717, 1.165) is 0 Å². The van der Waals surface area contributed by atoms with Gasteiger partial charge in [-0.3, -0.25) is 0 Å². The molecule has 2 aromatic carbocycles. The molecule has 0 aliphatic heterocycles. The van der Waals surface area contributed by atoms with E-state index in [9.17, 15) is 0 Å². The van der Waals surface area contributed by atoms with Gasteiger partial charge >= 0.3 is 0 Å². The van der Waals surface area contributed by atoms with Crippen LogP contribution < -0.4 is 0 Å². The maximum Gasteiger partial charge on any atom is 0.0356 e. The van der Waals surface area contributed by atoms with Crippen LogP contribution in [0.4, 0.5) is 0 Å². The molecule has 0 spiro atoms. The summed E-state index contributed by atoms with van der Waals surface area (Å²) in [5, 5.41) is 2.77. The monoisotopic (exact) mass is 308 g/mol. The Morgan fingerprint density at radius 1 is 0.810 bits per heavy atom. The van der Waals surface area contributed by atoms with Crippen molar-refractivity contribution in [3.8, 4) is 10.4 Å². The minimum Gasteiger partial charge on any atom is -0.140 e. The van der Waals surface area contributed by atoms with Gasteiger partial charge in [-0.1, -0.05) is 43.7 Å². The molecule has 2 heteroatoms. The van der Waals surface area contributed by atoms with Crippen LogP contribution in [0.25, 0.3) is 30.6 Å². The lowest BCUT2D eigenvalue weighted by Crippen LogP contribution is -1.71. The molecule has 104 valence electrons. The van der Waals surface area contributed by atoms with Gasteiger partial charge in [0.05, 0.1) is 0 Å². The first-order valence-electron chi connectivity index (χ1n) is 7.35. The second-order valence-electron chi connectivity index (χ2n) is 5.37. The lowest BCUT2D eigenvalue weighted by Gasteiger charge is -1.93. The number of hydrogen-bond acceptors (Lipinski definition) is 2. The first-order chi connectivity index (χ1) is 10.3. The van der Waals surface area contributed by atoms with Crippen molar-refractivity contribution in [1.82, 2.24) is 0 Å². The zero-order chi connectivity index (χ0) is 14.2. The molecule has 0 unspecified atom stereocenters. The van der Waals surface area contributed by atoms with Crippen LogP contribution in [0.1, 0.15) is 18.2 Å². The molecule has 0 aliphatic carbocycles. The van der Waals surface area contributed by atoms with Crippen LogP contribution in [0.5, 0.6) is 0 Å². The van der Waals surface area contributed by atoms with Crippen LogP contribution >= 0.6 is 22.7 Å². The highest BCUT2D eigenvalue weighted by molar-refractivity contribution is 7.23. The SMILES string of the molecule is CCCc1cc2cc3sc(-c4ccccc4)cc3cc2s1. The molecule has 2 aromatic heterocycles. The third-order valence-corrected chi connectivity index (χ3v) is 6.07. The van der Waals surface area contributed by atoms with E-state index in [1.165, 1.54) is 48.3 Å². The molecule has 0 saturated carbocycles. The number of fused-ring (bicyclic) bond motifs is 2. The highest BCUT2D eigenvalue weighted by atomic mass is 32.1. The third-order valence-electron chi connectivity index (χ3n) is 3.76. The molecule has 0 amide bonds. The van der Waals surface area contributed by atoms with Gasteiger partial charge in [0, 0.05) is 19.2 Å². The van der Waals surface area contributed by atoms with Gasteiger partial charge < -0.3 is 0 Å². The first-order valence-corrected chi connectivity index (χ1v) is 8.98. The summed E-state index contributed by atoms with van der Waals surface area (Å²) in [5.74, 6) is 0. The van der Waals surface area contributed by atoms with Crippen LogP contribution in [-0.4, -0.2) is 0 Å². The minimum atomic E-state index is 1.20. The van der Waals surface area contributed by atoms with Gasteiger partial charge in [-0.2, -0.15) is 0 Å². The van der Waals surface area contributed by atoms with Gasteiger partial charge in [0.15, 0.2) is 0 Å². The van der Waals surface area contributed by atoms with E-state index in [1.54, 1.807) is 0 Å². The molecule has 4 aromatic rings. The number of benzene rings is 2. The van der Waals surface area contributed by atoms with Crippen molar-refractivity contribution in [2.24, 2.45) is 0 Å². The van der Waals surface area contributed by atoms with Gasteiger partial charge in [-0.25, -0.2) is 0 Å². The maximum absolute atomic E-state index is 2.37. The fraction of sp³-hybridized carbons (Fsp3) is 0.158. The van der Waals surface area contributed by atoms with Crippen LogP contribution in [0, 0.1) is 0 Å². The Hall–Kier alpha value is -1.64. The average Bonchev–Trinajstić information content (AvgIpc) is 3.08. The van der Waals surface area contributed by atoms with Gasteiger partial charge in [0.25, 0.3) is 0 Å². The summed E-state index contributed by atoms with van der Waals surface area (Å²) in [7, 11) is 0. The Labute approximate surface area is 132 Å². The van der Waals surface area contributed by atoms with E-state index < -0.39 is 0 Å². The molecule has 4 rings (SSSR count). The third kappa shape index (κ3) is 2.39. The molecule has 21 heavy (non-hydrogen) atoms. The number of thiophene rings is 2. The second kappa shape index (κ2) is 5.28. The average molecular weight is 308 g/mol. The maximum atomic E-state index is 2.37. The summed E-state index contributed by atoms with van der Waals surface area (Å²) in [6.07, 6.45) is 2.42. The predicted octanol–water partition coefficient (Wildman–Crippen LogP) is 6.74. The van der Waals surface area contributed by atoms with Gasteiger partial charge in [0.2, 0.25) is 0 Å². The molecule has 0 bridgehead atoms. The Bertz CT molecular complexity index is 846. The summed E-state index contributed by atoms with van der Waals surface area (Å²) in [4.78, 5) is 2.87. The molecule has 2 heterocycles. The smallest absolute Gasteiger partial charge is 0.0356 e. The zero-order valence-electron chi connectivity index (χ0n) is 11.9. The minimum absolute atomic E-state index is 1.20. The Morgan fingerprint density at radius 2 is 1.52 bits per heavy atom. The summed E-state index contributed by atoms with van der Waals surface area (Å²) in [6, 6.07) is 20.1. The quantitative estimate of drug-likeness (QED) is 0.393. The van der Waals surface area contributed by atoms with Crippen LogP contribution in [0.15, 0.2) is 54.6 Å². The van der Waals surface area contributed by atoms with Crippen molar-refractivity contribution in [2.75, 3.05) is 0 Å². The summed E-state index contributed by atoms with van der Waals surface area (Å²) < 4.78 is 2.81. The zero-order valence-corrected chi connectivity index (χ0v) is 13.6. The molecule has 0 nitrogen and oxygen atoms in total. The number of rotatable bonds is 3. The lowest BCUT2D eigenvalue weighted by atomic mass is 10.1. The lowest BCUT2D eigenvalue weighted by molar-refractivity contribution is 0.941.